The van der Waals surface area contributed by atoms with Gasteiger partial charge in [0.1, 0.15) is 5.84 Å². The van der Waals surface area contributed by atoms with Crippen LogP contribution >= 0.6 is 0 Å². The van der Waals surface area contributed by atoms with Crippen molar-refractivity contribution in [3.8, 4) is 0 Å². The summed E-state index contributed by atoms with van der Waals surface area (Å²) in [6.07, 6.45) is 1.56. The first-order valence-corrected chi connectivity index (χ1v) is 3.08. The van der Waals surface area contributed by atoms with E-state index in [1.165, 1.54) is 0 Å². The fraction of sp³-hybridized carbons (Fsp3) is 0.571. The molecule has 0 aliphatic carbocycles. The van der Waals surface area contributed by atoms with Crippen molar-refractivity contribution >= 4 is 5.84 Å². The summed E-state index contributed by atoms with van der Waals surface area (Å²) in [5.41, 5.74) is 0. The lowest BCUT2D eigenvalue weighted by Crippen LogP contribution is -2.22. The van der Waals surface area contributed by atoms with Gasteiger partial charge in [-0.25, -0.2) is 4.99 Å². The van der Waals surface area contributed by atoms with Gasteiger partial charge in [-0.15, -0.1) is 0 Å². The van der Waals surface area contributed by atoms with Crippen molar-refractivity contribution < 1.29 is 0 Å². The molecule has 9 heavy (non-hydrogen) atoms. The zero-order valence-corrected chi connectivity index (χ0v) is 6.39. The summed E-state index contributed by atoms with van der Waals surface area (Å²) in [4.78, 5) is 6.06. The second kappa shape index (κ2) is 4.13. The molecule has 0 aromatic heterocycles. The second-order valence-electron chi connectivity index (χ2n) is 1.87. The van der Waals surface area contributed by atoms with E-state index in [4.69, 9.17) is 0 Å². The van der Waals surface area contributed by atoms with Gasteiger partial charge >= 0.3 is 0 Å². The van der Waals surface area contributed by atoms with Crippen molar-refractivity contribution in [1.82, 2.24) is 4.90 Å². The quantitative estimate of drug-likeness (QED) is 0.404. The highest BCUT2D eigenvalue weighted by molar-refractivity contribution is 5.79. The minimum Gasteiger partial charge on any atom is -0.364 e. The molecule has 0 rings (SSSR count). The number of aliphatic imine (C=N–C) groups is 1. The molecular weight excluding hydrogens is 112 g/mol. The molecule has 0 radical (unpaired) electrons. The summed E-state index contributed by atoms with van der Waals surface area (Å²) in [7, 11) is 2.00. The van der Waals surface area contributed by atoms with Crippen LogP contribution in [0, 0.1) is 0 Å². The topological polar surface area (TPSA) is 15.6 Å². The molecule has 0 spiro atoms. The summed E-state index contributed by atoms with van der Waals surface area (Å²) in [6.45, 7) is 8.54. The predicted molar refractivity (Wildman–Crippen MR) is 41.6 cm³/mol. The molecule has 2 heteroatoms. The van der Waals surface area contributed by atoms with Gasteiger partial charge in [0.25, 0.3) is 0 Å². The Morgan fingerprint density at radius 2 is 2.33 bits per heavy atom. The Balaban J connectivity index is 3.84. The van der Waals surface area contributed by atoms with Crippen molar-refractivity contribution in [2.24, 2.45) is 4.99 Å². The Bertz CT molecular complexity index is 116. The third-order valence-corrected chi connectivity index (χ3v) is 1.30. The van der Waals surface area contributed by atoms with Gasteiger partial charge in [0.15, 0.2) is 0 Å². The molecule has 0 amide bonds. The van der Waals surface area contributed by atoms with Gasteiger partial charge in [0, 0.05) is 19.8 Å². The van der Waals surface area contributed by atoms with Gasteiger partial charge in [-0.05, 0) is 13.8 Å². The van der Waals surface area contributed by atoms with Crippen molar-refractivity contribution in [3.05, 3.63) is 12.8 Å². The number of nitrogens with zero attached hydrogens (tertiary/aromatic N) is 2. The zero-order valence-electron chi connectivity index (χ0n) is 6.39. The second-order valence-corrected chi connectivity index (χ2v) is 1.87. The molecule has 0 N–H and O–H groups in total. The van der Waals surface area contributed by atoms with E-state index in [1.54, 1.807) is 6.20 Å². The van der Waals surface area contributed by atoms with Gasteiger partial charge in [-0.1, -0.05) is 6.58 Å². The van der Waals surface area contributed by atoms with Crippen molar-refractivity contribution in [2.75, 3.05) is 13.6 Å². The Labute approximate surface area is 56.9 Å². The molecule has 0 heterocycles. The van der Waals surface area contributed by atoms with Crippen molar-refractivity contribution in [1.29, 1.82) is 0 Å². The molecule has 0 fully saturated rings. The van der Waals surface area contributed by atoms with Gasteiger partial charge in [0.2, 0.25) is 0 Å². The minimum atomic E-state index is 0.989. The van der Waals surface area contributed by atoms with Crippen LogP contribution < -0.4 is 0 Å². The Morgan fingerprint density at radius 3 is 2.67 bits per heavy atom. The van der Waals surface area contributed by atoms with Crippen molar-refractivity contribution in [3.63, 3.8) is 0 Å². The van der Waals surface area contributed by atoms with Crippen molar-refractivity contribution in [2.45, 2.75) is 13.8 Å². The highest BCUT2D eigenvalue weighted by atomic mass is 15.1. The lowest BCUT2D eigenvalue weighted by Gasteiger charge is -2.14. The fourth-order valence-electron chi connectivity index (χ4n) is 0.459. The monoisotopic (exact) mass is 126 g/mol. The van der Waals surface area contributed by atoms with Crippen LogP contribution in [-0.2, 0) is 0 Å². The number of rotatable bonds is 2. The minimum absolute atomic E-state index is 0.989. The Hall–Kier alpha value is -0.790. The zero-order chi connectivity index (χ0) is 7.28. The van der Waals surface area contributed by atoms with E-state index < -0.39 is 0 Å². The molecule has 0 atom stereocenters. The van der Waals surface area contributed by atoms with E-state index in [9.17, 15) is 0 Å². The Morgan fingerprint density at radius 1 is 1.78 bits per heavy atom. The van der Waals surface area contributed by atoms with Crippen LogP contribution in [0.15, 0.2) is 17.8 Å². The smallest absolute Gasteiger partial charge is 0.101 e. The average molecular weight is 126 g/mol. The summed E-state index contributed by atoms with van der Waals surface area (Å²) in [5.74, 6) is 1.01. The van der Waals surface area contributed by atoms with Crippen LogP contribution in [0.5, 0.6) is 0 Å². The summed E-state index contributed by atoms with van der Waals surface area (Å²) in [6, 6.07) is 0. The van der Waals surface area contributed by atoms with E-state index >= 15 is 0 Å². The first-order valence-electron chi connectivity index (χ1n) is 3.08. The number of amidine groups is 1. The van der Waals surface area contributed by atoms with E-state index in [-0.39, 0.29) is 0 Å². The van der Waals surface area contributed by atoms with Crippen LogP contribution in [0.3, 0.4) is 0 Å². The number of hydrogen-bond acceptors (Lipinski definition) is 1. The lowest BCUT2D eigenvalue weighted by molar-refractivity contribution is 0.532. The summed E-state index contributed by atoms with van der Waals surface area (Å²) >= 11 is 0. The van der Waals surface area contributed by atoms with Gasteiger partial charge in [-0.2, -0.15) is 0 Å². The fourth-order valence-corrected chi connectivity index (χ4v) is 0.459. The van der Waals surface area contributed by atoms with Crippen LogP contribution in [0.25, 0.3) is 0 Å². The highest BCUT2D eigenvalue weighted by Crippen LogP contribution is 1.85. The molecule has 0 unspecified atom stereocenters. The van der Waals surface area contributed by atoms with E-state index in [1.807, 2.05) is 14.0 Å². The molecular formula is C7H14N2. The van der Waals surface area contributed by atoms with Gasteiger partial charge in [-0.3, -0.25) is 0 Å². The van der Waals surface area contributed by atoms with Crippen LogP contribution in [0.1, 0.15) is 13.8 Å². The molecule has 0 saturated carbocycles. The van der Waals surface area contributed by atoms with Gasteiger partial charge in [0.05, 0.1) is 0 Å². The van der Waals surface area contributed by atoms with Crippen LogP contribution in [0.2, 0.25) is 0 Å². The third kappa shape index (κ3) is 2.90. The highest BCUT2D eigenvalue weighted by Gasteiger charge is 1.92. The Kier molecular flexibility index (Phi) is 3.76. The predicted octanol–water partition coefficient (Wildman–Crippen LogP) is 1.50. The molecule has 0 saturated heterocycles. The summed E-state index contributed by atoms with van der Waals surface area (Å²) < 4.78 is 0. The molecule has 0 aliphatic rings. The largest absolute Gasteiger partial charge is 0.364 e. The number of hydrogen-bond donors (Lipinski definition) is 0. The first-order chi connectivity index (χ1) is 4.22. The average Bonchev–Trinajstić information content (AvgIpc) is 1.87. The van der Waals surface area contributed by atoms with E-state index in [2.05, 4.69) is 23.4 Å². The van der Waals surface area contributed by atoms with Crippen LogP contribution in [-0.4, -0.2) is 24.3 Å². The van der Waals surface area contributed by atoms with E-state index in [0.29, 0.717) is 0 Å². The normalized spacial score (nSPS) is 11.2. The molecule has 0 bridgehead atoms. The molecule has 0 aromatic carbocycles. The van der Waals surface area contributed by atoms with E-state index in [0.717, 1.165) is 12.4 Å². The molecule has 52 valence electrons. The van der Waals surface area contributed by atoms with Gasteiger partial charge < -0.3 is 4.90 Å². The third-order valence-electron chi connectivity index (χ3n) is 1.30. The molecule has 2 nitrogen and oxygen atoms in total. The SMILES string of the molecule is C=C/N=C(/C)N(C)CC. The standard InChI is InChI=1S/C7H14N2/c1-5-8-7(3)9(4)6-2/h5H,1,6H2,2-4H3/b8-7-. The first kappa shape index (κ1) is 8.21. The maximum absolute atomic E-state index is 4.00. The maximum Gasteiger partial charge on any atom is 0.101 e. The van der Waals surface area contributed by atoms with Crippen LogP contribution in [0.4, 0.5) is 0 Å². The maximum atomic E-state index is 4.00. The summed E-state index contributed by atoms with van der Waals surface area (Å²) in [5, 5.41) is 0. The lowest BCUT2D eigenvalue weighted by atomic mass is 10.5. The molecule has 0 aliphatic heterocycles. The molecule has 0 aromatic rings.